The van der Waals surface area contributed by atoms with E-state index in [0.717, 1.165) is 10.2 Å². The molecule has 1 aromatic heterocycles. The van der Waals surface area contributed by atoms with Crippen LogP contribution in [0.3, 0.4) is 0 Å². The van der Waals surface area contributed by atoms with Crippen molar-refractivity contribution in [3.8, 4) is 5.69 Å². The first-order valence-corrected chi connectivity index (χ1v) is 7.16. The van der Waals surface area contributed by atoms with Gasteiger partial charge in [0.1, 0.15) is 0 Å². The predicted molar refractivity (Wildman–Crippen MR) is 82.1 cm³/mol. The third-order valence-corrected chi connectivity index (χ3v) is 3.45. The van der Waals surface area contributed by atoms with Crippen LogP contribution in [0.15, 0.2) is 41.0 Å². The van der Waals surface area contributed by atoms with Gasteiger partial charge in [0.05, 0.1) is 5.69 Å². The number of hydrogen-bond donors (Lipinski definition) is 2. The van der Waals surface area contributed by atoms with E-state index in [9.17, 15) is 4.79 Å². The quantitative estimate of drug-likeness (QED) is 0.877. The van der Waals surface area contributed by atoms with Gasteiger partial charge < -0.3 is 10.6 Å². The second-order valence-electron chi connectivity index (χ2n) is 4.53. The van der Waals surface area contributed by atoms with E-state index in [1.807, 2.05) is 38.2 Å². The van der Waals surface area contributed by atoms with Crippen LogP contribution in [0.2, 0.25) is 0 Å². The molecular weight excluding hydrogens is 320 g/mol. The van der Waals surface area contributed by atoms with Gasteiger partial charge in [-0.15, -0.1) is 0 Å². The van der Waals surface area contributed by atoms with Crippen LogP contribution in [0.25, 0.3) is 5.69 Å². The van der Waals surface area contributed by atoms with Crippen LogP contribution in [0, 0.1) is 0 Å². The number of carbonyl (C=O) groups is 1. The van der Waals surface area contributed by atoms with Crippen molar-refractivity contribution in [3.63, 3.8) is 0 Å². The fourth-order valence-electron chi connectivity index (χ4n) is 1.65. The van der Waals surface area contributed by atoms with Crippen LogP contribution < -0.4 is 10.6 Å². The number of nitrogens with one attached hydrogen (secondary N) is 2. The summed E-state index contributed by atoms with van der Waals surface area (Å²) in [7, 11) is 1.86. The minimum absolute atomic E-state index is 0.166. The van der Waals surface area contributed by atoms with Gasteiger partial charge in [0.15, 0.2) is 5.69 Å². The van der Waals surface area contributed by atoms with Gasteiger partial charge in [-0.2, -0.15) is 5.10 Å². The van der Waals surface area contributed by atoms with Gasteiger partial charge in [0, 0.05) is 23.3 Å². The Hall–Kier alpha value is -1.66. The highest BCUT2D eigenvalue weighted by atomic mass is 79.9. The Morgan fingerprint density at radius 2 is 2.25 bits per heavy atom. The van der Waals surface area contributed by atoms with Crippen LogP contribution in [0.4, 0.5) is 0 Å². The number of hydrogen-bond acceptors (Lipinski definition) is 3. The minimum Gasteiger partial charge on any atom is -0.349 e. The van der Waals surface area contributed by atoms with Crippen molar-refractivity contribution in [2.45, 2.75) is 13.0 Å². The summed E-state index contributed by atoms with van der Waals surface area (Å²) in [6, 6.07) is 9.68. The van der Waals surface area contributed by atoms with Gasteiger partial charge in [-0.1, -0.05) is 22.0 Å². The van der Waals surface area contributed by atoms with E-state index < -0.39 is 0 Å². The van der Waals surface area contributed by atoms with Crippen LogP contribution in [0.1, 0.15) is 17.4 Å². The monoisotopic (exact) mass is 336 g/mol. The normalized spacial score (nSPS) is 12.2. The second kappa shape index (κ2) is 6.67. The summed E-state index contributed by atoms with van der Waals surface area (Å²) in [6.45, 7) is 2.57. The van der Waals surface area contributed by atoms with E-state index in [1.165, 1.54) is 0 Å². The molecule has 0 saturated heterocycles. The van der Waals surface area contributed by atoms with Gasteiger partial charge in [-0.05, 0) is 38.2 Å². The van der Waals surface area contributed by atoms with E-state index in [4.69, 9.17) is 0 Å². The van der Waals surface area contributed by atoms with Crippen LogP contribution in [-0.2, 0) is 0 Å². The lowest BCUT2D eigenvalue weighted by molar-refractivity contribution is 0.0945. The van der Waals surface area contributed by atoms with Crippen molar-refractivity contribution in [2.24, 2.45) is 0 Å². The molecule has 106 valence electrons. The third-order valence-electron chi connectivity index (χ3n) is 2.96. The lowest BCUT2D eigenvalue weighted by Crippen LogP contribution is -2.37. The summed E-state index contributed by atoms with van der Waals surface area (Å²) in [6.07, 6.45) is 1.78. The number of halogens is 1. The molecular formula is C14H17BrN4O. The number of benzene rings is 1. The van der Waals surface area contributed by atoms with E-state index >= 15 is 0 Å². The zero-order valence-electron chi connectivity index (χ0n) is 11.4. The zero-order valence-corrected chi connectivity index (χ0v) is 13.0. The molecule has 5 nitrogen and oxygen atoms in total. The van der Waals surface area contributed by atoms with Gasteiger partial charge in [0.2, 0.25) is 0 Å². The first-order valence-electron chi connectivity index (χ1n) is 6.37. The summed E-state index contributed by atoms with van der Waals surface area (Å²) in [4.78, 5) is 12.0. The number of aromatic nitrogens is 2. The Kier molecular flexibility index (Phi) is 4.92. The molecule has 1 aromatic carbocycles. The van der Waals surface area contributed by atoms with Gasteiger partial charge in [-0.25, -0.2) is 4.68 Å². The van der Waals surface area contributed by atoms with Crippen molar-refractivity contribution in [3.05, 3.63) is 46.7 Å². The molecule has 1 unspecified atom stereocenters. The number of rotatable bonds is 5. The molecule has 2 rings (SSSR count). The van der Waals surface area contributed by atoms with Crippen LogP contribution in [0.5, 0.6) is 0 Å². The maximum absolute atomic E-state index is 12.0. The molecule has 0 aliphatic rings. The maximum Gasteiger partial charge on any atom is 0.271 e. The molecule has 0 aliphatic heterocycles. The Balaban J connectivity index is 2.07. The van der Waals surface area contributed by atoms with E-state index in [-0.39, 0.29) is 11.9 Å². The summed E-state index contributed by atoms with van der Waals surface area (Å²) >= 11 is 3.42. The Labute approximate surface area is 126 Å². The van der Waals surface area contributed by atoms with Crippen molar-refractivity contribution in [2.75, 3.05) is 13.6 Å². The smallest absolute Gasteiger partial charge is 0.271 e. The number of amides is 1. The molecule has 1 atom stereocenters. The molecule has 20 heavy (non-hydrogen) atoms. The standard InChI is InChI=1S/C14H17BrN4O/c1-10(16-2)9-17-14(20)13-6-7-19(18-13)12-5-3-4-11(15)8-12/h3-8,10,16H,9H2,1-2H3,(H,17,20). The first kappa shape index (κ1) is 14.7. The Morgan fingerprint density at radius 3 is 2.95 bits per heavy atom. The molecule has 1 amide bonds. The summed E-state index contributed by atoms with van der Waals surface area (Å²) in [5.74, 6) is -0.166. The van der Waals surface area contributed by atoms with Gasteiger partial charge >= 0.3 is 0 Å². The molecule has 0 aliphatic carbocycles. The lowest BCUT2D eigenvalue weighted by atomic mass is 10.3. The lowest BCUT2D eigenvalue weighted by Gasteiger charge is -2.10. The second-order valence-corrected chi connectivity index (χ2v) is 5.44. The summed E-state index contributed by atoms with van der Waals surface area (Å²) in [5.41, 5.74) is 1.32. The molecule has 0 fully saturated rings. The average molecular weight is 337 g/mol. The van der Waals surface area contributed by atoms with E-state index in [0.29, 0.717) is 12.2 Å². The predicted octanol–water partition coefficient (Wildman–Crippen LogP) is 1.97. The summed E-state index contributed by atoms with van der Waals surface area (Å²) in [5, 5.41) is 10.2. The molecule has 0 spiro atoms. The fourth-order valence-corrected chi connectivity index (χ4v) is 2.03. The van der Waals surface area contributed by atoms with Crippen molar-refractivity contribution < 1.29 is 4.79 Å². The third kappa shape index (κ3) is 3.68. The number of nitrogens with zero attached hydrogens (tertiary/aromatic N) is 2. The van der Waals surface area contributed by atoms with Crippen molar-refractivity contribution >= 4 is 21.8 Å². The molecule has 2 N–H and O–H groups in total. The van der Waals surface area contributed by atoms with Gasteiger partial charge in [0.25, 0.3) is 5.91 Å². The Morgan fingerprint density at radius 1 is 1.45 bits per heavy atom. The highest BCUT2D eigenvalue weighted by Gasteiger charge is 2.10. The molecule has 0 radical (unpaired) electrons. The molecule has 0 bridgehead atoms. The zero-order chi connectivity index (χ0) is 14.5. The number of likely N-dealkylation sites (N-methyl/N-ethyl adjacent to an activating group) is 1. The SMILES string of the molecule is CNC(C)CNC(=O)c1ccn(-c2cccc(Br)c2)n1. The fraction of sp³-hybridized carbons (Fsp3) is 0.286. The van der Waals surface area contributed by atoms with Crippen LogP contribution >= 0.6 is 15.9 Å². The molecule has 0 saturated carbocycles. The Bertz CT molecular complexity index is 596. The van der Waals surface area contributed by atoms with Crippen molar-refractivity contribution in [1.82, 2.24) is 20.4 Å². The highest BCUT2D eigenvalue weighted by molar-refractivity contribution is 9.10. The van der Waals surface area contributed by atoms with Gasteiger partial charge in [-0.3, -0.25) is 4.79 Å². The summed E-state index contributed by atoms with van der Waals surface area (Å²) < 4.78 is 2.65. The van der Waals surface area contributed by atoms with Crippen molar-refractivity contribution in [1.29, 1.82) is 0 Å². The number of carbonyl (C=O) groups excluding carboxylic acids is 1. The van der Waals surface area contributed by atoms with E-state index in [2.05, 4.69) is 31.7 Å². The minimum atomic E-state index is -0.166. The molecule has 2 aromatic rings. The molecule has 1 heterocycles. The first-order chi connectivity index (χ1) is 9.60. The molecule has 6 heteroatoms. The topological polar surface area (TPSA) is 58.9 Å². The highest BCUT2D eigenvalue weighted by Crippen LogP contribution is 2.15. The maximum atomic E-state index is 12.0. The average Bonchev–Trinajstić information content (AvgIpc) is 2.94. The van der Waals surface area contributed by atoms with E-state index in [1.54, 1.807) is 16.9 Å². The largest absolute Gasteiger partial charge is 0.349 e. The van der Waals surface area contributed by atoms with Crippen LogP contribution in [-0.4, -0.2) is 35.3 Å².